The lowest BCUT2D eigenvalue weighted by atomic mass is 9.80. The summed E-state index contributed by atoms with van der Waals surface area (Å²) in [7, 11) is 0. The van der Waals surface area contributed by atoms with E-state index in [1.165, 1.54) is 5.56 Å². The highest BCUT2D eigenvalue weighted by molar-refractivity contribution is 5.84. The fraction of sp³-hybridized carbons (Fsp3) is 0.226. The average Bonchev–Trinajstić information content (AvgIpc) is 3.34. The van der Waals surface area contributed by atoms with Gasteiger partial charge in [-0.05, 0) is 74.8 Å². The number of benzene rings is 2. The SMILES string of the molecule is CC1(C(=O)O)CCN(Cc2ccc(-n3c(-c4cccnc4N)nc4ccc(-c5ccccc5)nc43)cc2)CC1. The Labute approximate surface area is 226 Å². The zero-order valence-electron chi connectivity index (χ0n) is 21.8. The summed E-state index contributed by atoms with van der Waals surface area (Å²) in [5.41, 5.74) is 11.9. The highest BCUT2D eigenvalue weighted by atomic mass is 16.4. The molecule has 6 rings (SSSR count). The van der Waals surface area contributed by atoms with Crippen molar-refractivity contribution >= 4 is 23.0 Å². The minimum Gasteiger partial charge on any atom is -0.481 e. The van der Waals surface area contributed by atoms with Crippen molar-refractivity contribution in [1.29, 1.82) is 0 Å². The standard InChI is InChI=1S/C31H30N6O2/c1-31(30(38)39)15-18-36(19-16-31)20-21-9-11-23(12-10-21)37-28(24-8-5-17-33-27(24)32)35-26-14-13-25(34-29(26)37)22-6-3-2-4-7-22/h2-14,17H,15-16,18-20H2,1H3,(H2,32,33)(H,38,39). The Morgan fingerprint density at radius 3 is 2.38 bits per heavy atom. The van der Waals surface area contributed by atoms with Crippen LogP contribution in [0.3, 0.4) is 0 Å². The van der Waals surface area contributed by atoms with E-state index in [4.69, 9.17) is 15.7 Å². The molecule has 196 valence electrons. The predicted octanol–water partition coefficient (Wildman–Crippen LogP) is 5.42. The maximum atomic E-state index is 11.6. The molecule has 0 atom stereocenters. The molecule has 39 heavy (non-hydrogen) atoms. The van der Waals surface area contributed by atoms with Crippen molar-refractivity contribution in [2.24, 2.45) is 5.41 Å². The number of likely N-dealkylation sites (tertiary alicyclic amines) is 1. The molecule has 0 aliphatic carbocycles. The summed E-state index contributed by atoms with van der Waals surface area (Å²) >= 11 is 0. The molecule has 0 unspecified atom stereocenters. The maximum absolute atomic E-state index is 11.6. The summed E-state index contributed by atoms with van der Waals surface area (Å²) in [6, 6.07) is 26.2. The number of imidazole rings is 1. The monoisotopic (exact) mass is 518 g/mol. The molecule has 8 nitrogen and oxygen atoms in total. The van der Waals surface area contributed by atoms with E-state index in [2.05, 4.69) is 34.1 Å². The molecule has 3 N–H and O–H groups in total. The van der Waals surface area contributed by atoms with Crippen molar-refractivity contribution < 1.29 is 9.90 Å². The molecule has 1 aliphatic rings. The molecule has 4 heterocycles. The fourth-order valence-corrected chi connectivity index (χ4v) is 5.19. The van der Waals surface area contributed by atoms with Gasteiger partial charge in [0.1, 0.15) is 11.3 Å². The van der Waals surface area contributed by atoms with Gasteiger partial charge in [0.25, 0.3) is 0 Å². The molecule has 0 saturated carbocycles. The quantitative estimate of drug-likeness (QED) is 0.309. The predicted molar refractivity (Wildman–Crippen MR) is 152 cm³/mol. The zero-order valence-corrected chi connectivity index (χ0v) is 21.8. The third-order valence-corrected chi connectivity index (χ3v) is 7.73. The van der Waals surface area contributed by atoms with Gasteiger partial charge in [-0.1, -0.05) is 42.5 Å². The number of carbonyl (C=O) groups is 1. The van der Waals surface area contributed by atoms with E-state index in [0.29, 0.717) is 24.5 Å². The lowest BCUT2D eigenvalue weighted by Crippen LogP contribution is -2.42. The Balaban J connectivity index is 1.36. The molecule has 0 spiro atoms. The summed E-state index contributed by atoms with van der Waals surface area (Å²) in [5.74, 6) is 0.394. The molecule has 8 heteroatoms. The number of nitrogen functional groups attached to an aromatic ring is 1. The highest BCUT2D eigenvalue weighted by Crippen LogP contribution is 2.33. The lowest BCUT2D eigenvalue weighted by molar-refractivity contribution is -0.150. The van der Waals surface area contributed by atoms with Gasteiger partial charge in [-0.15, -0.1) is 0 Å². The molecule has 1 saturated heterocycles. The Morgan fingerprint density at radius 1 is 0.949 bits per heavy atom. The van der Waals surface area contributed by atoms with Crippen LogP contribution in [0, 0.1) is 5.41 Å². The van der Waals surface area contributed by atoms with E-state index < -0.39 is 11.4 Å². The third-order valence-electron chi connectivity index (χ3n) is 7.73. The normalized spacial score (nSPS) is 15.4. The number of aliphatic carboxylic acids is 1. The van der Waals surface area contributed by atoms with Crippen LogP contribution in [0.5, 0.6) is 0 Å². The zero-order chi connectivity index (χ0) is 27.0. The highest BCUT2D eigenvalue weighted by Gasteiger charge is 2.36. The second-order valence-electron chi connectivity index (χ2n) is 10.4. The summed E-state index contributed by atoms with van der Waals surface area (Å²) in [6.45, 7) is 4.17. The van der Waals surface area contributed by atoms with Gasteiger partial charge in [0, 0.05) is 24.0 Å². The molecule has 5 aromatic rings. The third kappa shape index (κ3) is 4.75. The number of rotatable bonds is 6. The first-order valence-electron chi connectivity index (χ1n) is 13.1. The van der Waals surface area contributed by atoms with Crippen LogP contribution in [-0.4, -0.2) is 48.6 Å². The van der Waals surface area contributed by atoms with Crippen LogP contribution in [0.2, 0.25) is 0 Å². The first kappa shape index (κ1) is 24.8. The molecular formula is C31H30N6O2. The minimum absolute atomic E-state index is 0.410. The number of nitrogens with zero attached hydrogens (tertiary/aromatic N) is 5. The molecule has 2 aromatic carbocycles. The number of nitrogens with two attached hydrogens (primary N) is 1. The number of carboxylic acids is 1. The largest absolute Gasteiger partial charge is 0.481 e. The van der Waals surface area contributed by atoms with E-state index in [9.17, 15) is 9.90 Å². The Morgan fingerprint density at radius 2 is 1.69 bits per heavy atom. The van der Waals surface area contributed by atoms with Gasteiger partial charge >= 0.3 is 5.97 Å². The second kappa shape index (κ2) is 9.96. The average molecular weight is 519 g/mol. The van der Waals surface area contributed by atoms with Crippen molar-refractivity contribution in [2.75, 3.05) is 18.8 Å². The summed E-state index contributed by atoms with van der Waals surface area (Å²) in [6.07, 6.45) is 2.99. The van der Waals surface area contributed by atoms with Crippen LogP contribution in [-0.2, 0) is 11.3 Å². The number of hydrogen-bond acceptors (Lipinski definition) is 6. The van der Waals surface area contributed by atoms with Crippen LogP contribution < -0.4 is 5.73 Å². The van der Waals surface area contributed by atoms with Gasteiger partial charge in [-0.2, -0.15) is 0 Å². The van der Waals surface area contributed by atoms with Crippen molar-refractivity contribution in [3.8, 4) is 28.3 Å². The van der Waals surface area contributed by atoms with Crippen LogP contribution in [0.4, 0.5) is 5.82 Å². The summed E-state index contributed by atoms with van der Waals surface area (Å²) in [4.78, 5) is 28.2. The molecule has 0 bridgehead atoms. The van der Waals surface area contributed by atoms with Crippen LogP contribution in [0.25, 0.3) is 39.5 Å². The molecule has 0 amide bonds. The number of aromatic nitrogens is 4. The van der Waals surface area contributed by atoms with Gasteiger partial charge in [-0.3, -0.25) is 14.3 Å². The van der Waals surface area contributed by atoms with Gasteiger partial charge in [-0.25, -0.2) is 15.0 Å². The van der Waals surface area contributed by atoms with Crippen LogP contribution in [0.15, 0.2) is 85.1 Å². The van der Waals surface area contributed by atoms with E-state index in [-0.39, 0.29) is 0 Å². The van der Waals surface area contributed by atoms with Crippen molar-refractivity contribution in [1.82, 2.24) is 24.4 Å². The van der Waals surface area contributed by atoms with Crippen LogP contribution >= 0.6 is 0 Å². The van der Waals surface area contributed by atoms with Crippen molar-refractivity contribution in [3.05, 3.63) is 90.6 Å². The first-order chi connectivity index (χ1) is 18.9. The van der Waals surface area contributed by atoms with E-state index >= 15 is 0 Å². The Bertz CT molecular complexity index is 1640. The van der Waals surface area contributed by atoms with Gasteiger partial charge in [0.2, 0.25) is 0 Å². The number of pyridine rings is 2. The van der Waals surface area contributed by atoms with Crippen molar-refractivity contribution in [3.63, 3.8) is 0 Å². The van der Waals surface area contributed by atoms with Gasteiger partial charge < -0.3 is 10.8 Å². The number of hydrogen-bond donors (Lipinski definition) is 2. The fourth-order valence-electron chi connectivity index (χ4n) is 5.19. The van der Waals surface area contributed by atoms with E-state index in [1.54, 1.807) is 6.20 Å². The topological polar surface area (TPSA) is 110 Å². The van der Waals surface area contributed by atoms with Gasteiger partial charge in [0.15, 0.2) is 11.5 Å². The molecule has 0 radical (unpaired) electrons. The molecule has 3 aromatic heterocycles. The number of fused-ring (bicyclic) bond motifs is 1. The molecule has 1 aliphatic heterocycles. The number of anilines is 1. The molecular weight excluding hydrogens is 488 g/mol. The molecule has 1 fully saturated rings. The Hall–Kier alpha value is -4.56. The van der Waals surface area contributed by atoms with Crippen molar-refractivity contribution in [2.45, 2.75) is 26.3 Å². The van der Waals surface area contributed by atoms with Crippen LogP contribution in [0.1, 0.15) is 25.3 Å². The van der Waals surface area contributed by atoms with E-state index in [1.807, 2.05) is 66.1 Å². The summed E-state index contributed by atoms with van der Waals surface area (Å²) in [5, 5.41) is 9.53. The number of piperidine rings is 1. The first-order valence-corrected chi connectivity index (χ1v) is 13.1. The lowest BCUT2D eigenvalue weighted by Gasteiger charge is -2.36. The Kier molecular flexibility index (Phi) is 6.32. The number of carboxylic acid groups (broad SMARTS) is 1. The van der Waals surface area contributed by atoms with E-state index in [0.717, 1.165) is 53.3 Å². The smallest absolute Gasteiger partial charge is 0.309 e. The maximum Gasteiger partial charge on any atom is 0.309 e. The second-order valence-corrected chi connectivity index (χ2v) is 10.4. The minimum atomic E-state index is -0.701. The summed E-state index contributed by atoms with van der Waals surface area (Å²) < 4.78 is 2.04. The van der Waals surface area contributed by atoms with Gasteiger partial charge in [0.05, 0.1) is 16.7 Å².